The third kappa shape index (κ3) is 3.55. The third-order valence-corrected chi connectivity index (χ3v) is 3.15. The Morgan fingerprint density at radius 1 is 1.24 bits per heavy atom. The van der Waals surface area contributed by atoms with Crippen LogP contribution in [0.2, 0.25) is 0 Å². The van der Waals surface area contributed by atoms with Gasteiger partial charge in [-0.3, -0.25) is 0 Å². The zero-order valence-corrected chi connectivity index (χ0v) is 11.7. The minimum Gasteiger partial charge on any atom is -0.376 e. The first-order valence-corrected chi connectivity index (χ1v) is 6.41. The maximum Gasteiger partial charge on any atom is 0.0790 e. The predicted octanol–water partition coefficient (Wildman–Crippen LogP) is 3.36. The highest BCUT2D eigenvalue weighted by Gasteiger charge is 2.24. The van der Waals surface area contributed by atoms with Crippen LogP contribution in [-0.2, 0) is 4.74 Å². The average Bonchev–Trinajstić information content (AvgIpc) is 2.24. The van der Waals surface area contributed by atoms with Gasteiger partial charge in [0.25, 0.3) is 0 Å². The summed E-state index contributed by atoms with van der Waals surface area (Å²) in [6.07, 6.45) is 0.0846. The Morgan fingerprint density at radius 3 is 2.35 bits per heavy atom. The first kappa shape index (κ1) is 14.2. The Balaban J connectivity index is 2.96. The molecule has 0 bridgehead atoms. The van der Waals surface area contributed by atoms with Gasteiger partial charge in [-0.1, -0.05) is 37.6 Å². The molecule has 2 heteroatoms. The summed E-state index contributed by atoms with van der Waals surface area (Å²) in [5.74, 6) is 0.422. The molecule has 96 valence electrons. The second-order valence-corrected chi connectivity index (χ2v) is 5.05. The molecule has 0 aliphatic heterocycles. The Morgan fingerprint density at radius 2 is 1.88 bits per heavy atom. The largest absolute Gasteiger partial charge is 0.376 e. The molecule has 1 aromatic rings. The molecular formula is C15H25NO. The monoisotopic (exact) mass is 235 g/mol. The molecule has 0 saturated carbocycles. The first-order valence-electron chi connectivity index (χ1n) is 6.41. The summed E-state index contributed by atoms with van der Waals surface area (Å²) >= 11 is 0. The van der Waals surface area contributed by atoms with Crippen LogP contribution in [0.1, 0.15) is 43.5 Å². The van der Waals surface area contributed by atoms with E-state index in [1.807, 2.05) is 6.92 Å². The number of rotatable bonds is 5. The Kier molecular flexibility index (Phi) is 5.16. The second-order valence-electron chi connectivity index (χ2n) is 5.05. The van der Waals surface area contributed by atoms with Crippen LogP contribution in [0.5, 0.6) is 0 Å². The molecule has 0 saturated heterocycles. The van der Waals surface area contributed by atoms with Crippen LogP contribution in [0.25, 0.3) is 0 Å². The van der Waals surface area contributed by atoms with E-state index in [2.05, 4.69) is 45.9 Å². The van der Waals surface area contributed by atoms with Gasteiger partial charge in [0.2, 0.25) is 0 Å². The average molecular weight is 235 g/mol. The molecule has 0 aromatic heterocycles. The van der Waals surface area contributed by atoms with Crippen LogP contribution in [0.15, 0.2) is 18.2 Å². The Hall–Kier alpha value is -0.860. The lowest BCUT2D eigenvalue weighted by Gasteiger charge is -2.28. The van der Waals surface area contributed by atoms with Crippen molar-refractivity contribution in [3.63, 3.8) is 0 Å². The molecule has 0 aliphatic rings. The molecular weight excluding hydrogens is 210 g/mol. The minimum atomic E-state index is -0.0458. The molecule has 0 heterocycles. The predicted molar refractivity (Wildman–Crippen MR) is 73.1 cm³/mol. The number of ether oxygens (including phenoxy) is 1. The molecule has 2 unspecified atom stereocenters. The summed E-state index contributed by atoms with van der Waals surface area (Å²) < 4.78 is 5.78. The summed E-state index contributed by atoms with van der Waals surface area (Å²) in [6, 6.07) is 6.38. The molecule has 17 heavy (non-hydrogen) atoms. The number of benzene rings is 1. The summed E-state index contributed by atoms with van der Waals surface area (Å²) in [5.41, 5.74) is 10.1. The van der Waals surface area contributed by atoms with Gasteiger partial charge in [-0.05, 0) is 37.8 Å². The van der Waals surface area contributed by atoms with Gasteiger partial charge >= 0.3 is 0 Å². The van der Waals surface area contributed by atoms with Crippen LogP contribution in [0.3, 0.4) is 0 Å². The highest BCUT2D eigenvalue weighted by molar-refractivity contribution is 5.33. The molecule has 0 amide bonds. The highest BCUT2D eigenvalue weighted by Crippen LogP contribution is 2.25. The van der Waals surface area contributed by atoms with Gasteiger partial charge in [0, 0.05) is 6.61 Å². The maximum atomic E-state index is 6.35. The molecule has 0 fully saturated rings. The Bertz CT molecular complexity index is 360. The van der Waals surface area contributed by atoms with E-state index < -0.39 is 0 Å². The third-order valence-electron chi connectivity index (χ3n) is 3.15. The van der Waals surface area contributed by atoms with Crippen molar-refractivity contribution in [2.45, 2.75) is 46.8 Å². The maximum absolute atomic E-state index is 6.35. The minimum absolute atomic E-state index is 0.0458. The second kappa shape index (κ2) is 6.18. The summed E-state index contributed by atoms with van der Waals surface area (Å²) in [6.45, 7) is 11.3. The molecule has 2 N–H and O–H groups in total. The SMILES string of the molecule is CCOC(C(C)C)C(N)c1ccc(C)cc1C. The van der Waals surface area contributed by atoms with Crippen LogP contribution in [0, 0.1) is 19.8 Å². The zero-order valence-electron chi connectivity index (χ0n) is 11.7. The zero-order chi connectivity index (χ0) is 13.0. The Labute approximate surface area is 105 Å². The van der Waals surface area contributed by atoms with Crippen LogP contribution in [0.4, 0.5) is 0 Å². The van der Waals surface area contributed by atoms with Gasteiger partial charge in [-0.2, -0.15) is 0 Å². The van der Waals surface area contributed by atoms with E-state index in [0.29, 0.717) is 12.5 Å². The van der Waals surface area contributed by atoms with Crippen molar-refractivity contribution >= 4 is 0 Å². The first-order chi connectivity index (χ1) is 7.97. The fourth-order valence-corrected chi connectivity index (χ4v) is 2.28. The fraction of sp³-hybridized carbons (Fsp3) is 0.600. The van der Waals surface area contributed by atoms with Crippen LogP contribution in [-0.4, -0.2) is 12.7 Å². The molecule has 0 spiro atoms. The molecule has 0 radical (unpaired) electrons. The molecule has 0 aliphatic carbocycles. The van der Waals surface area contributed by atoms with Gasteiger partial charge in [0.1, 0.15) is 0 Å². The van der Waals surface area contributed by atoms with E-state index in [1.54, 1.807) is 0 Å². The fourth-order valence-electron chi connectivity index (χ4n) is 2.28. The van der Waals surface area contributed by atoms with Crippen LogP contribution >= 0.6 is 0 Å². The number of hydrogen-bond acceptors (Lipinski definition) is 2. The lowest BCUT2D eigenvalue weighted by molar-refractivity contribution is 0.0120. The van der Waals surface area contributed by atoms with Crippen molar-refractivity contribution in [1.29, 1.82) is 0 Å². The van der Waals surface area contributed by atoms with Gasteiger partial charge in [0.05, 0.1) is 12.1 Å². The molecule has 2 nitrogen and oxygen atoms in total. The number of nitrogens with two attached hydrogens (primary N) is 1. The van der Waals surface area contributed by atoms with E-state index in [1.165, 1.54) is 16.7 Å². The van der Waals surface area contributed by atoms with Gasteiger partial charge in [0.15, 0.2) is 0 Å². The molecule has 2 atom stereocenters. The van der Waals surface area contributed by atoms with Crippen molar-refractivity contribution in [3.05, 3.63) is 34.9 Å². The number of aryl methyl sites for hydroxylation is 2. The smallest absolute Gasteiger partial charge is 0.0790 e. The molecule has 1 aromatic carbocycles. The van der Waals surface area contributed by atoms with Gasteiger partial charge in [-0.15, -0.1) is 0 Å². The van der Waals surface area contributed by atoms with Gasteiger partial charge < -0.3 is 10.5 Å². The van der Waals surface area contributed by atoms with E-state index in [-0.39, 0.29) is 12.1 Å². The van der Waals surface area contributed by atoms with Gasteiger partial charge in [-0.25, -0.2) is 0 Å². The van der Waals surface area contributed by atoms with Crippen molar-refractivity contribution in [3.8, 4) is 0 Å². The molecule has 1 rings (SSSR count). The quantitative estimate of drug-likeness (QED) is 0.849. The van der Waals surface area contributed by atoms with E-state index >= 15 is 0 Å². The van der Waals surface area contributed by atoms with E-state index in [4.69, 9.17) is 10.5 Å². The van der Waals surface area contributed by atoms with Crippen molar-refractivity contribution < 1.29 is 4.74 Å². The normalized spacial score (nSPS) is 15.0. The summed E-state index contributed by atoms with van der Waals surface area (Å²) in [7, 11) is 0. The van der Waals surface area contributed by atoms with Crippen molar-refractivity contribution in [2.75, 3.05) is 6.61 Å². The lowest BCUT2D eigenvalue weighted by Crippen LogP contribution is -2.33. The summed E-state index contributed by atoms with van der Waals surface area (Å²) in [5, 5.41) is 0. The highest BCUT2D eigenvalue weighted by atomic mass is 16.5. The standard InChI is InChI=1S/C15H25NO/c1-6-17-15(10(2)3)14(16)13-8-7-11(4)9-12(13)5/h7-10,14-15H,6,16H2,1-5H3. The topological polar surface area (TPSA) is 35.2 Å². The summed E-state index contributed by atoms with van der Waals surface area (Å²) in [4.78, 5) is 0. The van der Waals surface area contributed by atoms with E-state index in [0.717, 1.165) is 0 Å². The lowest BCUT2D eigenvalue weighted by atomic mass is 9.91. The van der Waals surface area contributed by atoms with Crippen LogP contribution < -0.4 is 5.73 Å². The van der Waals surface area contributed by atoms with E-state index in [9.17, 15) is 0 Å². The van der Waals surface area contributed by atoms with Crippen molar-refractivity contribution in [2.24, 2.45) is 11.7 Å². The number of hydrogen-bond donors (Lipinski definition) is 1. The van der Waals surface area contributed by atoms with Crippen molar-refractivity contribution in [1.82, 2.24) is 0 Å².